The molecule has 1 aromatic carbocycles. The minimum atomic E-state index is 0.616. The lowest BCUT2D eigenvalue weighted by atomic mass is 10.2. The van der Waals surface area contributed by atoms with Crippen LogP contribution in [0.2, 0.25) is 0 Å². The Labute approximate surface area is 120 Å². The number of nitrogens with zero attached hydrogens (tertiary/aromatic N) is 1. The fourth-order valence-corrected chi connectivity index (χ4v) is 1.85. The third-order valence-electron chi connectivity index (χ3n) is 2.86. The molecule has 0 radical (unpaired) electrons. The maximum atomic E-state index is 5.66. The summed E-state index contributed by atoms with van der Waals surface area (Å²) in [6, 6.07) is 5.62. The molecule has 1 aromatic heterocycles. The normalized spacial score (nSPS) is 9.70. The Kier molecular flexibility index (Phi) is 6.10. The van der Waals surface area contributed by atoms with Gasteiger partial charge in [0.05, 0.1) is 19.9 Å². The maximum absolute atomic E-state index is 5.66. The molecule has 0 saturated carbocycles. The molecule has 2 rings (SSSR count). The zero-order valence-electron chi connectivity index (χ0n) is 13.1. The summed E-state index contributed by atoms with van der Waals surface area (Å²) < 4.78 is 16.1. The molecule has 0 aliphatic rings. The number of aromatic nitrogens is 1. The molecule has 0 aliphatic carbocycles. The van der Waals surface area contributed by atoms with Crippen LogP contribution in [0.4, 0.5) is 0 Å². The second kappa shape index (κ2) is 7.58. The van der Waals surface area contributed by atoms with E-state index in [1.165, 1.54) is 0 Å². The van der Waals surface area contributed by atoms with Crippen molar-refractivity contribution in [2.24, 2.45) is 0 Å². The van der Waals surface area contributed by atoms with Crippen molar-refractivity contribution in [1.29, 1.82) is 0 Å². The average Bonchev–Trinajstić information content (AvgIpc) is 2.89. The fourth-order valence-electron chi connectivity index (χ4n) is 1.85. The Hall–Kier alpha value is -1.97. The molecule has 4 heteroatoms. The van der Waals surface area contributed by atoms with Gasteiger partial charge in [0, 0.05) is 5.56 Å². The Bertz CT molecular complexity index is 547. The van der Waals surface area contributed by atoms with E-state index in [1.54, 1.807) is 14.2 Å². The first-order chi connectivity index (χ1) is 9.69. The van der Waals surface area contributed by atoms with Crippen LogP contribution in [0.1, 0.15) is 32.2 Å². The van der Waals surface area contributed by atoms with Gasteiger partial charge in [-0.15, -0.1) is 0 Å². The molecule has 0 unspecified atom stereocenters. The van der Waals surface area contributed by atoms with Crippen LogP contribution in [0.3, 0.4) is 0 Å². The van der Waals surface area contributed by atoms with E-state index in [9.17, 15) is 0 Å². The van der Waals surface area contributed by atoms with Crippen molar-refractivity contribution in [2.75, 3.05) is 14.2 Å². The summed E-state index contributed by atoms with van der Waals surface area (Å²) in [5, 5.41) is 0. The van der Waals surface area contributed by atoms with E-state index in [1.807, 2.05) is 39.0 Å². The molecule has 0 atom stereocenters. The molecule has 110 valence electrons. The molecule has 0 saturated heterocycles. The monoisotopic (exact) mass is 277 g/mol. The number of ether oxygens (including phenoxy) is 2. The van der Waals surface area contributed by atoms with E-state index < -0.39 is 0 Å². The highest BCUT2D eigenvalue weighted by molar-refractivity contribution is 5.60. The molecule has 1 heterocycles. The summed E-state index contributed by atoms with van der Waals surface area (Å²) in [5.74, 6) is 2.84. The molecule has 0 fully saturated rings. The van der Waals surface area contributed by atoms with Crippen molar-refractivity contribution >= 4 is 0 Å². The average molecular weight is 277 g/mol. The maximum Gasteiger partial charge on any atom is 0.226 e. The summed E-state index contributed by atoms with van der Waals surface area (Å²) >= 11 is 0. The first-order valence-electron chi connectivity index (χ1n) is 6.88. The van der Waals surface area contributed by atoms with Crippen LogP contribution in [-0.2, 0) is 6.42 Å². The Morgan fingerprint density at radius 1 is 1.10 bits per heavy atom. The smallest absolute Gasteiger partial charge is 0.226 e. The van der Waals surface area contributed by atoms with Gasteiger partial charge in [0.15, 0.2) is 11.5 Å². The quantitative estimate of drug-likeness (QED) is 0.837. The highest BCUT2D eigenvalue weighted by Crippen LogP contribution is 2.32. The summed E-state index contributed by atoms with van der Waals surface area (Å²) in [6.45, 7) is 7.99. The van der Waals surface area contributed by atoms with Crippen molar-refractivity contribution in [3.05, 3.63) is 29.7 Å². The summed E-state index contributed by atoms with van der Waals surface area (Å²) in [6.07, 6.45) is 0.864. The van der Waals surface area contributed by atoms with Gasteiger partial charge in [-0.3, -0.25) is 0 Å². The molecule has 0 amide bonds. The summed E-state index contributed by atoms with van der Waals surface area (Å²) in [5.41, 5.74) is 1.87. The van der Waals surface area contributed by atoms with Crippen molar-refractivity contribution in [3.8, 4) is 23.0 Å². The highest BCUT2D eigenvalue weighted by atomic mass is 16.5. The topological polar surface area (TPSA) is 44.5 Å². The van der Waals surface area contributed by atoms with Crippen molar-refractivity contribution in [3.63, 3.8) is 0 Å². The molecule has 20 heavy (non-hydrogen) atoms. The first kappa shape index (κ1) is 16.1. The van der Waals surface area contributed by atoms with Gasteiger partial charge >= 0.3 is 0 Å². The summed E-state index contributed by atoms with van der Waals surface area (Å²) in [4.78, 5) is 4.47. The van der Waals surface area contributed by atoms with Crippen LogP contribution >= 0.6 is 0 Å². The van der Waals surface area contributed by atoms with Gasteiger partial charge in [0.1, 0.15) is 5.76 Å². The molecular weight excluding hydrogens is 254 g/mol. The van der Waals surface area contributed by atoms with Gasteiger partial charge in [-0.05, 0) is 31.5 Å². The summed E-state index contributed by atoms with van der Waals surface area (Å²) in [7, 11) is 3.22. The number of rotatable bonds is 4. The number of oxazole rings is 1. The fraction of sp³-hybridized carbons (Fsp3) is 0.438. The van der Waals surface area contributed by atoms with Gasteiger partial charge in [0.25, 0.3) is 0 Å². The Morgan fingerprint density at radius 3 is 2.25 bits per heavy atom. The molecule has 0 spiro atoms. The van der Waals surface area contributed by atoms with Gasteiger partial charge in [-0.1, -0.05) is 20.8 Å². The number of hydrogen-bond donors (Lipinski definition) is 0. The Balaban J connectivity index is 0.000000956. The zero-order chi connectivity index (χ0) is 15.1. The van der Waals surface area contributed by atoms with E-state index in [2.05, 4.69) is 11.9 Å². The Morgan fingerprint density at radius 2 is 1.75 bits per heavy atom. The van der Waals surface area contributed by atoms with Gasteiger partial charge in [0.2, 0.25) is 5.89 Å². The second-order valence-corrected chi connectivity index (χ2v) is 3.95. The minimum Gasteiger partial charge on any atom is -0.493 e. The van der Waals surface area contributed by atoms with E-state index in [0.29, 0.717) is 17.4 Å². The number of hydrogen-bond acceptors (Lipinski definition) is 4. The zero-order valence-corrected chi connectivity index (χ0v) is 13.1. The second-order valence-electron chi connectivity index (χ2n) is 3.95. The lowest BCUT2D eigenvalue weighted by Crippen LogP contribution is -1.91. The first-order valence-corrected chi connectivity index (χ1v) is 6.88. The SMILES string of the molecule is CC.CCc1nc(-c2ccc(OC)c(OC)c2)oc1C. The molecule has 4 nitrogen and oxygen atoms in total. The van der Waals surface area contributed by atoms with E-state index in [0.717, 1.165) is 23.4 Å². The van der Waals surface area contributed by atoms with Crippen LogP contribution in [0.5, 0.6) is 11.5 Å². The van der Waals surface area contributed by atoms with Crippen molar-refractivity contribution in [1.82, 2.24) is 4.98 Å². The highest BCUT2D eigenvalue weighted by Gasteiger charge is 2.12. The van der Waals surface area contributed by atoms with Crippen molar-refractivity contribution in [2.45, 2.75) is 34.1 Å². The van der Waals surface area contributed by atoms with E-state index in [4.69, 9.17) is 13.9 Å². The molecule has 2 aromatic rings. The van der Waals surface area contributed by atoms with Crippen LogP contribution < -0.4 is 9.47 Å². The predicted molar refractivity (Wildman–Crippen MR) is 80.5 cm³/mol. The molecule has 0 aliphatic heterocycles. The number of methoxy groups -OCH3 is 2. The molecule has 0 N–H and O–H groups in total. The van der Waals surface area contributed by atoms with Crippen LogP contribution in [0.15, 0.2) is 22.6 Å². The molecule has 0 bridgehead atoms. The lowest BCUT2D eigenvalue weighted by molar-refractivity contribution is 0.355. The predicted octanol–water partition coefficient (Wildman–Crippen LogP) is 4.26. The van der Waals surface area contributed by atoms with Gasteiger partial charge < -0.3 is 13.9 Å². The third kappa shape index (κ3) is 3.32. The standard InChI is InChI=1S/C14H17NO3.C2H6/c1-5-11-9(2)18-14(15-11)10-6-7-12(16-3)13(8-10)17-4;1-2/h6-8H,5H2,1-4H3;1-2H3. The van der Waals surface area contributed by atoms with Crippen LogP contribution in [0.25, 0.3) is 11.5 Å². The van der Waals surface area contributed by atoms with Gasteiger partial charge in [-0.2, -0.15) is 0 Å². The number of benzene rings is 1. The van der Waals surface area contributed by atoms with Crippen LogP contribution in [-0.4, -0.2) is 19.2 Å². The number of aryl methyl sites for hydroxylation is 2. The largest absolute Gasteiger partial charge is 0.493 e. The van der Waals surface area contributed by atoms with Gasteiger partial charge in [-0.25, -0.2) is 4.98 Å². The molecular formula is C16H23NO3. The van der Waals surface area contributed by atoms with Crippen molar-refractivity contribution < 1.29 is 13.9 Å². The van der Waals surface area contributed by atoms with E-state index >= 15 is 0 Å². The van der Waals surface area contributed by atoms with Crippen LogP contribution in [0, 0.1) is 6.92 Å². The lowest BCUT2D eigenvalue weighted by Gasteiger charge is -2.07. The third-order valence-corrected chi connectivity index (χ3v) is 2.86. The minimum absolute atomic E-state index is 0.616. The van der Waals surface area contributed by atoms with E-state index in [-0.39, 0.29) is 0 Å².